The van der Waals surface area contributed by atoms with E-state index in [0.29, 0.717) is 24.4 Å². The number of carbonyl (C=O) groups excluding carboxylic acids is 1. The minimum absolute atomic E-state index is 0.0205. The van der Waals surface area contributed by atoms with Gasteiger partial charge in [-0.05, 0) is 24.6 Å². The first-order valence-corrected chi connectivity index (χ1v) is 8.40. The summed E-state index contributed by atoms with van der Waals surface area (Å²) in [5.41, 5.74) is 6.18. The average molecular weight is 380 g/mol. The Morgan fingerprint density at radius 2 is 2.11 bits per heavy atom. The first-order valence-electron chi connectivity index (χ1n) is 8.40. The number of anilines is 1. The number of nitrogen functional groups attached to an aromatic ring is 1. The summed E-state index contributed by atoms with van der Waals surface area (Å²) in [5.74, 6) is -0.281. The highest BCUT2D eigenvalue weighted by atomic mass is 19.4. The summed E-state index contributed by atoms with van der Waals surface area (Å²) in [6, 6.07) is 6.68. The van der Waals surface area contributed by atoms with Crippen LogP contribution in [-0.4, -0.2) is 46.6 Å². The first-order chi connectivity index (χ1) is 12.7. The summed E-state index contributed by atoms with van der Waals surface area (Å²) in [7, 11) is 0. The van der Waals surface area contributed by atoms with Crippen molar-refractivity contribution in [2.75, 3.05) is 25.4 Å². The van der Waals surface area contributed by atoms with Gasteiger partial charge in [0.2, 0.25) is 5.95 Å². The molecule has 1 atom stereocenters. The Morgan fingerprint density at radius 1 is 1.33 bits per heavy atom. The smallest absolute Gasteiger partial charge is 0.374 e. The zero-order chi connectivity index (χ0) is 19.6. The van der Waals surface area contributed by atoms with E-state index in [1.54, 1.807) is 24.0 Å². The molecule has 1 aliphatic heterocycles. The first kappa shape index (κ1) is 19.1. The Kier molecular flexibility index (Phi) is 5.31. The van der Waals surface area contributed by atoms with Crippen LogP contribution in [0.3, 0.4) is 0 Å². The van der Waals surface area contributed by atoms with Gasteiger partial charge in [-0.25, -0.2) is 9.97 Å². The van der Waals surface area contributed by atoms with Crippen LogP contribution in [0.2, 0.25) is 0 Å². The molecule has 1 unspecified atom stereocenters. The highest BCUT2D eigenvalue weighted by molar-refractivity contribution is 5.92. The van der Waals surface area contributed by atoms with Gasteiger partial charge in [-0.1, -0.05) is 18.2 Å². The maximum absolute atomic E-state index is 12.9. The van der Waals surface area contributed by atoms with Gasteiger partial charge in [0.15, 0.2) is 0 Å². The second kappa shape index (κ2) is 7.51. The lowest BCUT2D eigenvalue weighted by atomic mass is 10.0. The third-order valence-electron chi connectivity index (χ3n) is 4.23. The van der Waals surface area contributed by atoms with Crippen molar-refractivity contribution >= 4 is 11.9 Å². The molecule has 2 aromatic rings. The SMILES string of the molecule is Cc1cc(C(=O)N2CCOC(Cc3cccc(C(F)(F)F)c3)C2)nc(N)n1. The predicted octanol–water partition coefficient (Wildman–Crippen LogP) is 2.47. The normalized spacial score (nSPS) is 17.8. The molecule has 1 amide bonds. The molecule has 2 heterocycles. The second-order valence-electron chi connectivity index (χ2n) is 6.40. The van der Waals surface area contributed by atoms with Crippen LogP contribution in [0.25, 0.3) is 0 Å². The highest BCUT2D eigenvalue weighted by Crippen LogP contribution is 2.30. The van der Waals surface area contributed by atoms with Crippen LogP contribution in [0.4, 0.5) is 19.1 Å². The Bertz CT molecular complexity index is 821. The summed E-state index contributed by atoms with van der Waals surface area (Å²) in [5, 5.41) is 0. The molecule has 0 spiro atoms. The largest absolute Gasteiger partial charge is 0.416 e. The number of aryl methyl sites for hydroxylation is 1. The van der Waals surface area contributed by atoms with E-state index in [1.165, 1.54) is 6.07 Å². The van der Waals surface area contributed by atoms with Crippen molar-refractivity contribution in [2.45, 2.75) is 25.6 Å². The number of benzene rings is 1. The Hall–Kier alpha value is -2.68. The molecule has 27 heavy (non-hydrogen) atoms. The molecule has 9 heteroatoms. The molecule has 6 nitrogen and oxygen atoms in total. The van der Waals surface area contributed by atoms with E-state index >= 15 is 0 Å². The fourth-order valence-electron chi connectivity index (χ4n) is 3.03. The number of halogens is 3. The molecule has 1 aliphatic rings. The van der Waals surface area contributed by atoms with Crippen LogP contribution < -0.4 is 5.73 Å². The standard InChI is InChI=1S/C18H19F3N4O2/c1-11-7-15(24-17(22)23-11)16(26)25-5-6-27-14(10-25)9-12-3-2-4-13(8-12)18(19,20)21/h2-4,7-8,14H,5-6,9-10H2,1H3,(H2,22,23,24). The van der Waals surface area contributed by atoms with E-state index in [9.17, 15) is 18.0 Å². The highest BCUT2D eigenvalue weighted by Gasteiger charge is 2.31. The number of hydrogen-bond donors (Lipinski definition) is 1. The average Bonchev–Trinajstić information content (AvgIpc) is 2.60. The zero-order valence-corrected chi connectivity index (χ0v) is 14.7. The quantitative estimate of drug-likeness (QED) is 0.885. The van der Waals surface area contributed by atoms with Gasteiger partial charge in [0, 0.05) is 25.2 Å². The van der Waals surface area contributed by atoms with E-state index in [-0.39, 0.29) is 30.5 Å². The molecule has 0 saturated carbocycles. The third-order valence-corrected chi connectivity index (χ3v) is 4.23. The topological polar surface area (TPSA) is 81.3 Å². The summed E-state index contributed by atoms with van der Waals surface area (Å²) in [6.07, 6.45) is -4.51. The van der Waals surface area contributed by atoms with E-state index in [2.05, 4.69) is 9.97 Å². The Labute approximate surface area is 154 Å². The number of ether oxygens (including phenoxy) is 1. The second-order valence-corrected chi connectivity index (χ2v) is 6.40. The third kappa shape index (κ3) is 4.73. The minimum Gasteiger partial charge on any atom is -0.374 e. The Balaban J connectivity index is 1.70. The van der Waals surface area contributed by atoms with Crippen molar-refractivity contribution in [1.82, 2.24) is 14.9 Å². The van der Waals surface area contributed by atoms with Crippen molar-refractivity contribution in [2.24, 2.45) is 0 Å². The van der Waals surface area contributed by atoms with Crippen LogP contribution in [0.5, 0.6) is 0 Å². The minimum atomic E-state index is -4.39. The molecule has 0 radical (unpaired) electrons. The van der Waals surface area contributed by atoms with E-state index < -0.39 is 17.8 Å². The fraction of sp³-hybridized carbons (Fsp3) is 0.389. The zero-order valence-electron chi connectivity index (χ0n) is 14.7. The number of carbonyl (C=O) groups is 1. The monoisotopic (exact) mass is 380 g/mol. The van der Waals surface area contributed by atoms with E-state index in [0.717, 1.165) is 12.1 Å². The summed E-state index contributed by atoms with van der Waals surface area (Å²) in [6.45, 7) is 2.65. The summed E-state index contributed by atoms with van der Waals surface area (Å²) in [4.78, 5) is 22.1. The van der Waals surface area contributed by atoms with Gasteiger partial charge in [0.25, 0.3) is 5.91 Å². The number of rotatable bonds is 3. The van der Waals surface area contributed by atoms with Gasteiger partial charge < -0.3 is 15.4 Å². The number of hydrogen-bond acceptors (Lipinski definition) is 5. The lowest BCUT2D eigenvalue weighted by Crippen LogP contribution is -2.46. The van der Waals surface area contributed by atoms with Gasteiger partial charge in [-0.2, -0.15) is 13.2 Å². The van der Waals surface area contributed by atoms with Gasteiger partial charge in [-0.3, -0.25) is 4.79 Å². The molecule has 3 rings (SSSR count). The molecule has 1 aromatic carbocycles. The number of aromatic nitrogens is 2. The number of morpholine rings is 1. The van der Waals surface area contributed by atoms with Gasteiger partial charge in [0.05, 0.1) is 18.3 Å². The van der Waals surface area contributed by atoms with Crippen molar-refractivity contribution in [1.29, 1.82) is 0 Å². The van der Waals surface area contributed by atoms with Crippen LogP contribution in [-0.2, 0) is 17.3 Å². The summed E-state index contributed by atoms with van der Waals surface area (Å²) < 4.78 is 44.2. The van der Waals surface area contributed by atoms with Crippen LogP contribution in [0, 0.1) is 6.92 Å². The van der Waals surface area contributed by atoms with Crippen molar-refractivity contribution in [3.63, 3.8) is 0 Å². The van der Waals surface area contributed by atoms with Gasteiger partial charge in [0.1, 0.15) is 5.69 Å². The molecule has 0 bridgehead atoms. The summed E-state index contributed by atoms with van der Waals surface area (Å²) >= 11 is 0. The number of alkyl halides is 3. The van der Waals surface area contributed by atoms with E-state index in [1.807, 2.05) is 0 Å². The maximum Gasteiger partial charge on any atom is 0.416 e. The molecule has 144 valence electrons. The molecule has 1 fully saturated rings. The van der Waals surface area contributed by atoms with E-state index in [4.69, 9.17) is 10.5 Å². The molecular weight excluding hydrogens is 361 g/mol. The molecule has 1 aromatic heterocycles. The molecule has 0 aliphatic carbocycles. The predicted molar refractivity (Wildman–Crippen MR) is 92.0 cm³/mol. The lowest BCUT2D eigenvalue weighted by molar-refractivity contribution is -0.137. The Morgan fingerprint density at radius 3 is 2.81 bits per heavy atom. The number of nitrogens with two attached hydrogens (primary N) is 1. The molecule has 2 N–H and O–H groups in total. The van der Waals surface area contributed by atoms with Crippen molar-refractivity contribution in [3.8, 4) is 0 Å². The number of amides is 1. The number of nitrogens with zero attached hydrogens (tertiary/aromatic N) is 3. The fourth-order valence-corrected chi connectivity index (χ4v) is 3.03. The maximum atomic E-state index is 12.9. The van der Waals surface area contributed by atoms with Gasteiger partial charge in [-0.15, -0.1) is 0 Å². The van der Waals surface area contributed by atoms with Crippen LogP contribution in [0.15, 0.2) is 30.3 Å². The molecule has 1 saturated heterocycles. The van der Waals surface area contributed by atoms with Crippen LogP contribution >= 0.6 is 0 Å². The van der Waals surface area contributed by atoms with Crippen molar-refractivity contribution in [3.05, 3.63) is 52.8 Å². The van der Waals surface area contributed by atoms with Gasteiger partial charge >= 0.3 is 6.18 Å². The lowest BCUT2D eigenvalue weighted by Gasteiger charge is -2.33. The van der Waals surface area contributed by atoms with Crippen LogP contribution in [0.1, 0.15) is 27.3 Å². The van der Waals surface area contributed by atoms with Crippen molar-refractivity contribution < 1.29 is 22.7 Å². The molecular formula is C18H19F3N4O2.